The molecule has 0 aliphatic carbocycles. The highest BCUT2D eigenvalue weighted by Gasteiger charge is 2.11. The summed E-state index contributed by atoms with van der Waals surface area (Å²) in [6, 6.07) is 7.85. The Morgan fingerprint density at radius 1 is 1.29 bits per heavy atom. The van der Waals surface area contributed by atoms with Gasteiger partial charge in [0.1, 0.15) is 0 Å². The minimum absolute atomic E-state index is 0.0656. The van der Waals surface area contributed by atoms with Gasteiger partial charge >= 0.3 is 0 Å². The van der Waals surface area contributed by atoms with Gasteiger partial charge in [0.2, 0.25) is 0 Å². The molecule has 0 aliphatic rings. The zero-order valence-electron chi connectivity index (χ0n) is 9.97. The number of benzene rings is 1. The number of aryl methyl sites for hydroxylation is 1. The van der Waals surface area contributed by atoms with Gasteiger partial charge in [-0.1, -0.05) is 6.07 Å². The summed E-state index contributed by atoms with van der Waals surface area (Å²) in [6.45, 7) is 0.492. The molecular weight excluding hydrogens is 236 g/mol. The molecule has 0 fully saturated rings. The number of sulfone groups is 1. The van der Waals surface area contributed by atoms with Gasteiger partial charge in [0.05, 0.1) is 5.75 Å². The fourth-order valence-electron chi connectivity index (χ4n) is 1.99. The van der Waals surface area contributed by atoms with Gasteiger partial charge < -0.3 is 10.3 Å². The second kappa shape index (κ2) is 4.16. The number of hydrogen-bond donors (Lipinski definition) is 1. The summed E-state index contributed by atoms with van der Waals surface area (Å²) in [5, 5.41) is 1.04. The Kier molecular flexibility index (Phi) is 2.97. The number of fused-ring (bicyclic) bond motifs is 1. The molecule has 4 nitrogen and oxygen atoms in total. The molecule has 0 atom stereocenters. The van der Waals surface area contributed by atoms with Crippen LogP contribution in [-0.4, -0.2) is 19.2 Å². The minimum atomic E-state index is -3.01. The molecule has 1 aromatic heterocycles. The standard InChI is InChI=1S/C12H16N2O2S/c1-14-11(8-17(2,15)16)6-10-5-9(7-13)3-4-12(10)14/h3-6H,7-8,13H2,1-2H3. The quantitative estimate of drug-likeness (QED) is 0.892. The number of nitrogens with zero attached hydrogens (tertiary/aromatic N) is 1. The van der Waals surface area contributed by atoms with Crippen molar-refractivity contribution in [2.24, 2.45) is 12.8 Å². The third-order valence-corrected chi connectivity index (χ3v) is 3.67. The molecule has 17 heavy (non-hydrogen) atoms. The van der Waals surface area contributed by atoms with Crippen molar-refractivity contribution in [3.63, 3.8) is 0 Å². The van der Waals surface area contributed by atoms with Gasteiger partial charge in [-0.25, -0.2) is 8.42 Å². The van der Waals surface area contributed by atoms with Gasteiger partial charge in [-0.15, -0.1) is 0 Å². The van der Waals surface area contributed by atoms with Crippen LogP contribution < -0.4 is 5.73 Å². The lowest BCUT2D eigenvalue weighted by molar-refractivity contribution is 0.599. The highest BCUT2D eigenvalue weighted by molar-refractivity contribution is 7.89. The van der Waals surface area contributed by atoms with E-state index in [-0.39, 0.29) is 5.75 Å². The van der Waals surface area contributed by atoms with Crippen LogP contribution in [0.15, 0.2) is 24.3 Å². The van der Waals surface area contributed by atoms with Crippen LogP contribution in [0.5, 0.6) is 0 Å². The maximum atomic E-state index is 11.3. The lowest BCUT2D eigenvalue weighted by Crippen LogP contribution is -2.05. The average Bonchev–Trinajstić information content (AvgIpc) is 2.53. The SMILES string of the molecule is Cn1c(CS(C)(=O)=O)cc2cc(CN)ccc21. The Labute approximate surface area is 101 Å². The third-order valence-electron chi connectivity index (χ3n) is 2.85. The molecule has 0 saturated heterocycles. The monoisotopic (exact) mass is 252 g/mol. The molecule has 1 aromatic carbocycles. The van der Waals surface area contributed by atoms with Gasteiger partial charge in [0.25, 0.3) is 0 Å². The van der Waals surface area contributed by atoms with Crippen molar-refractivity contribution in [1.82, 2.24) is 4.57 Å². The van der Waals surface area contributed by atoms with Crippen molar-refractivity contribution in [2.75, 3.05) is 6.26 Å². The van der Waals surface area contributed by atoms with Gasteiger partial charge in [-0.3, -0.25) is 0 Å². The zero-order valence-corrected chi connectivity index (χ0v) is 10.8. The molecule has 0 bridgehead atoms. The number of aromatic nitrogens is 1. The van der Waals surface area contributed by atoms with Crippen LogP contribution in [0.25, 0.3) is 10.9 Å². The Morgan fingerprint density at radius 3 is 2.59 bits per heavy atom. The van der Waals surface area contributed by atoms with Crippen molar-refractivity contribution in [3.8, 4) is 0 Å². The highest BCUT2D eigenvalue weighted by Crippen LogP contribution is 2.21. The first-order valence-electron chi connectivity index (χ1n) is 5.36. The van der Waals surface area contributed by atoms with Crippen molar-refractivity contribution < 1.29 is 8.42 Å². The molecule has 2 rings (SSSR count). The van der Waals surface area contributed by atoms with E-state index in [0.717, 1.165) is 22.2 Å². The maximum Gasteiger partial charge on any atom is 0.153 e. The van der Waals surface area contributed by atoms with Crippen LogP contribution in [0.2, 0.25) is 0 Å². The fourth-order valence-corrected chi connectivity index (χ4v) is 2.80. The summed E-state index contributed by atoms with van der Waals surface area (Å²) in [6.07, 6.45) is 1.25. The van der Waals surface area contributed by atoms with E-state index in [4.69, 9.17) is 5.73 Å². The highest BCUT2D eigenvalue weighted by atomic mass is 32.2. The second-order valence-corrected chi connectivity index (χ2v) is 6.50. The second-order valence-electron chi connectivity index (χ2n) is 4.36. The van der Waals surface area contributed by atoms with E-state index in [1.54, 1.807) is 0 Å². The normalized spacial score (nSPS) is 12.2. The average molecular weight is 252 g/mol. The number of hydrogen-bond acceptors (Lipinski definition) is 3. The van der Waals surface area contributed by atoms with Crippen LogP contribution in [0, 0.1) is 0 Å². The molecule has 0 unspecified atom stereocenters. The maximum absolute atomic E-state index is 11.3. The molecule has 2 aromatic rings. The van der Waals surface area contributed by atoms with E-state index >= 15 is 0 Å². The molecule has 92 valence electrons. The minimum Gasteiger partial charge on any atom is -0.347 e. The van der Waals surface area contributed by atoms with Crippen molar-refractivity contribution in [2.45, 2.75) is 12.3 Å². The summed E-state index contributed by atoms with van der Waals surface area (Å²) in [5.41, 5.74) is 8.47. The predicted octanol–water partition coefficient (Wildman–Crippen LogP) is 1.18. The topological polar surface area (TPSA) is 65.1 Å². The molecule has 0 amide bonds. The summed E-state index contributed by atoms with van der Waals surface area (Å²) >= 11 is 0. The van der Waals surface area contributed by atoms with Crippen molar-refractivity contribution in [3.05, 3.63) is 35.5 Å². The zero-order chi connectivity index (χ0) is 12.6. The van der Waals surface area contributed by atoms with Gasteiger partial charge in [-0.05, 0) is 23.8 Å². The lowest BCUT2D eigenvalue weighted by Gasteiger charge is -2.03. The molecule has 0 spiro atoms. The lowest BCUT2D eigenvalue weighted by atomic mass is 10.1. The molecule has 5 heteroatoms. The first-order chi connectivity index (χ1) is 7.90. The van der Waals surface area contributed by atoms with Crippen molar-refractivity contribution >= 4 is 20.7 Å². The van der Waals surface area contributed by atoms with Crippen LogP contribution in [0.1, 0.15) is 11.3 Å². The summed E-state index contributed by atoms with van der Waals surface area (Å²) in [5.74, 6) is 0.0656. The Balaban J connectivity index is 2.56. The largest absolute Gasteiger partial charge is 0.347 e. The first kappa shape index (κ1) is 12.1. The van der Waals surface area contributed by atoms with Crippen LogP contribution in [-0.2, 0) is 29.2 Å². The molecule has 0 aliphatic heterocycles. The van der Waals surface area contributed by atoms with Gasteiger partial charge in [0.15, 0.2) is 9.84 Å². The molecule has 0 saturated carbocycles. The van der Waals surface area contributed by atoms with E-state index in [1.165, 1.54) is 6.26 Å². The molecule has 2 N–H and O–H groups in total. The summed E-state index contributed by atoms with van der Waals surface area (Å²) in [4.78, 5) is 0. The van der Waals surface area contributed by atoms with E-state index in [0.29, 0.717) is 6.54 Å². The molecular formula is C12H16N2O2S. The van der Waals surface area contributed by atoms with E-state index in [1.807, 2.05) is 35.9 Å². The smallest absolute Gasteiger partial charge is 0.153 e. The van der Waals surface area contributed by atoms with Crippen LogP contribution in [0.3, 0.4) is 0 Å². The molecule has 1 heterocycles. The van der Waals surface area contributed by atoms with Crippen molar-refractivity contribution in [1.29, 1.82) is 0 Å². The number of nitrogens with two attached hydrogens (primary N) is 1. The number of rotatable bonds is 3. The summed E-state index contributed by atoms with van der Waals surface area (Å²) in [7, 11) is -1.13. The van der Waals surface area contributed by atoms with E-state index < -0.39 is 9.84 Å². The Hall–Kier alpha value is -1.33. The molecule has 0 radical (unpaired) electrons. The summed E-state index contributed by atoms with van der Waals surface area (Å²) < 4.78 is 24.6. The van der Waals surface area contributed by atoms with Gasteiger partial charge in [0, 0.05) is 36.4 Å². The van der Waals surface area contributed by atoms with Gasteiger partial charge in [-0.2, -0.15) is 0 Å². The fraction of sp³-hybridized carbons (Fsp3) is 0.333. The van der Waals surface area contributed by atoms with Crippen LogP contribution in [0.4, 0.5) is 0 Å². The Bertz CT molecular complexity index is 656. The van der Waals surface area contributed by atoms with Crippen LogP contribution >= 0.6 is 0 Å². The predicted molar refractivity (Wildman–Crippen MR) is 69.4 cm³/mol. The first-order valence-corrected chi connectivity index (χ1v) is 7.42. The Morgan fingerprint density at radius 2 is 2.00 bits per heavy atom. The van der Waals surface area contributed by atoms with E-state index in [9.17, 15) is 8.42 Å². The third kappa shape index (κ3) is 2.50. The van der Waals surface area contributed by atoms with E-state index in [2.05, 4.69) is 0 Å².